The SMILES string of the molecule is CN(CCc1noc(-c2cc3ccccc3[nH]2)n1)C(=O)Cc1ccccc1Cl. The summed E-state index contributed by atoms with van der Waals surface area (Å²) in [4.78, 5) is 21.8. The highest BCUT2D eigenvalue weighted by atomic mass is 35.5. The number of amides is 1. The van der Waals surface area contributed by atoms with Crippen LogP contribution in [0.1, 0.15) is 11.4 Å². The molecule has 1 amide bonds. The van der Waals surface area contributed by atoms with Crippen LogP contribution in [0.3, 0.4) is 0 Å². The Morgan fingerprint density at radius 1 is 1.18 bits per heavy atom. The molecule has 6 nitrogen and oxygen atoms in total. The Labute approximate surface area is 167 Å². The van der Waals surface area contributed by atoms with Crippen molar-refractivity contribution >= 4 is 28.4 Å². The van der Waals surface area contributed by atoms with Crippen molar-refractivity contribution < 1.29 is 9.32 Å². The molecule has 2 aromatic heterocycles. The number of nitrogens with zero attached hydrogens (tertiary/aromatic N) is 3. The zero-order valence-corrected chi connectivity index (χ0v) is 16.1. The van der Waals surface area contributed by atoms with Crippen molar-refractivity contribution in [1.82, 2.24) is 20.0 Å². The van der Waals surface area contributed by atoms with Gasteiger partial charge in [0.05, 0.1) is 6.42 Å². The molecule has 0 radical (unpaired) electrons. The maximum Gasteiger partial charge on any atom is 0.274 e. The zero-order valence-electron chi connectivity index (χ0n) is 15.4. The first-order valence-corrected chi connectivity index (χ1v) is 9.36. The minimum absolute atomic E-state index is 0.00700. The molecule has 4 aromatic rings. The highest BCUT2D eigenvalue weighted by Crippen LogP contribution is 2.22. The van der Waals surface area contributed by atoms with Gasteiger partial charge in [-0.3, -0.25) is 4.79 Å². The van der Waals surface area contributed by atoms with E-state index in [0.29, 0.717) is 29.7 Å². The molecule has 1 N–H and O–H groups in total. The van der Waals surface area contributed by atoms with Gasteiger partial charge in [0.2, 0.25) is 5.91 Å². The monoisotopic (exact) mass is 394 g/mol. The summed E-state index contributed by atoms with van der Waals surface area (Å²) in [6, 6.07) is 17.3. The minimum Gasteiger partial charge on any atom is -0.351 e. The second kappa shape index (κ2) is 7.86. The van der Waals surface area contributed by atoms with Gasteiger partial charge >= 0.3 is 0 Å². The summed E-state index contributed by atoms with van der Waals surface area (Å²) in [6.45, 7) is 0.495. The Morgan fingerprint density at radius 3 is 2.79 bits per heavy atom. The van der Waals surface area contributed by atoms with E-state index in [9.17, 15) is 4.79 Å². The highest BCUT2D eigenvalue weighted by Gasteiger charge is 2.15. The van der Waals surface area contributed by atoms with Gasteiger partial charge in [-0.1, -0.05) is 53.2 Å². The molecule has 0 aliphatic rings. The van der Waals surface area contributed by atoms with Crippen LogP contribution < -0.4 is 0 Å². The third kappa shape index (κ3) is 3.92. The van der Waals surface area contributed by atoms with Crippen molar-refractivity contribution in [3.05, 3.63) is 71.0 Å². The fourth-order valence-electron chi connectivity index (χ4n) is 2.99. The summed E-state index contributed by atoms with van der Waals surface area (Å²) in [7, 11) is 1.76. The van der Waals surface area contributed by atoms with Crippen molar-refractivity contribution in [3.63, 3.8) is 0 Å². The number of nitrogens with one attached hydrogen (secondary N) is 1. The van der Waals surface area contributed by atoms with Crippen LogP contribution in [-0.2, 0) is 17.6 Å². The van der Waals surface area contributed by atoms with E-state index in [-0.39, 0.29) is 12.3 Å². The molecule has 28 heavy (non-hydrogen) atoms. The number of fused-ring (bicyclic) bond motifs is 1. The Bertz CT molecular complexity index is 1090. The van der Waals surface area contributed by atoms with Crippen molar-refractivity contribution in [2.75, 3.05) is 13.6 Å². The summed E-state index contributed by atoms with van der Waals surface area (Å²) >= 11 is 6.13. The summed E-state index contributed by atoms with van der Waals surface area (Å²) in [5.74, 6) is 0.995. The second-order valence-corrected chi connectivity index (χ2v) is 7.03. The van der Waals surface area contributed by atoms with Gasteiger partial charge in [0, 0.05) is 35.9 Å². The standard InChI is InChI=1S/C21H19ClN4O2/c1-26(20(27)13-14-6-2-4-8-16(14)22)11-10-19-24-21(28-25-19)18-12-15-7-3-5-9-17(15)23-18/h2-9,12,23H,10-11,13H2,1H3. The number of aromatic amines is 1. The van der Waals surface area contributed by atoms with Gasteiger partial charge in [0.25, 0.3) is 5.89 Å². The molecule has 4 rings (SSSR count). The molecule has 2 heterocycles. The number of aromatic nitrogens is 3. The molecule has 0 saturated heterocycles. The molecule has 0 aliphatic heterocycles. The van der Waals surface area contributed by atoms with Gasteiger partial charge < -0.3 is 14.4 Å². The average Bonchev–Trinajstić information content (AvgIpc) is 3.34. The predicted molar refractivity (Wildman–Crippen MR) is 108 cm³/mol. The maximum atomic E-state index is 12.4. The molecule has 0 unspecified atom stereocenters. The number of carbonyl (C=O) groups is 1. The van der Waals surface area contributed by atoms with E-state index in [1.807, 2.05) is 48.5 Å². The summed E-state index contributed by atoms with van der Waals surface area (Å²) in [5.41, 5.74) is 2.62. The maximum absolute atomic E-state index is 12.4. The molecular formula is C21H19ClN4O2. The largest absolute Gasteiger partial charge is 0.351 e. The molecule has 0 aliphatic carbocycles. The lowest BCUT2D eigenvalue weighted by Gasteiger charge is -2.16. The van der Waals surface area contributed by atoms with Crippen LogP contribution in [0, 0.1) is 0 Å². The number of para-hydroxylation sites is 1. The number of likely N-dealkylation sites (N-methyl/N-ethyl adjacent to an activating group) is 1. The number of halogens is 1. The normalized spacial score (nSPS) is 11.1. The molecule has 0 fully saturated rings. The summed E-state index contributed by atoms with van der Waals surface area (Å²) < 4.78 is 5.37. The van der Waals surface area contributed by atoms with Crippen LogP contribution in [0.25, 0.3) is 22.5 Å². The van der Waals surface area contributed by atoms with Gasteiger partial charge in [-0.05, 0) is 23.8 Å². The highest BCUT2D eigenvalue weighted by molar-refractivity contribution is 6.31. The van der Waals surface area contributed by atoms with Crippen LogP contribution >= 0.6 is 11.6 Å². The van der Waals surface area contributed by atoms with Gasteiger partial charge in [-0.15, -0.1) is 0 Å². The number of hydrogen-bond acceptors (Lipinski definition) is 4. The number of carbonyl (C=O) groups excluding carboxylic acids is 1. The van der Waals surface area contributed by atoms with Crippen molar-refractivity contribution in [2.24, 2.45) is 0 Å². The van der Waals surface area contributed by atoms with Crippen LogP contribution in [0.4, 0.5) is 0 Å². The van der Waals surface area contributed by atoms with Crippen molar-refractivity contribution in [2.45, 2.75) is 12.8 Å². The molecule has 0 bridgehead atoms. The van der Waals surface area contributed by atoms with E-state index in [4.69, 9.17) is 16.1 Å². The average molecular weight is 395 g/mol. The molecule has 0 saturated carbocycles. The van der Waals surface area contributed by atoms with Crippen LogP contribution in [0.5, 0.6) is 0 Å². The van der Waals surface area contributed by atoms with E-state index >= 15 is 0 Å². The fourth-order valence-corrected chi connectivity index (χ4v) is 3.19. The quantitative estimate of drug-likeness (QED) is 0.534. The van der Waals surface area contributed by atoms with Gasteiger partial charge in [-0.25, -0.2) is 0 Å². The van der Waals surface area contributed by atoms with Crippen molar-refractivity contribution in [1.29, 1.82) is 0 Å². The molecular weight excluding hydrogens is 376 g/mol. The molecule has 142 valence electrons. The Morgan fingerprint density at radius 2 is 1.96 bits per heavy atom. The van der Waals surface area contributed by atoms with E-state index in [1.54, 1.807) is 18.0 Å². The zero-order chi connectivity index (χ0) is 19.5. The Hall–Kier alpha value is -3.12. The Balaban J connectivity index is 1.37. The van der Waals surface area contributed by atoms with Crippen molar-refractivity contribution in [3.8, 4) is 11.6 Å². The van der Waals surface area contributed by atoms with E-state index in [0.717, 1.165) is 22.2 Å². The third-order valence-electron chi connectivity index (χ3n) is 4.62. The van der Waals surface area contributed by atoms with Gasteiger partial charge in [-0.2, -0.15) is 4.98 Å². The number of rotatable bonds is 6. The second-order valence-electron chi connectivity index (χ2n) is 6.62. The van der Waals surface area contributed by atoms with E-state index < -0.39 is 0 Å². The molecule has 2 aromatic carbocycles. The lowest BCUT2D eigenvalue weighted by molar-refractivity contribution is -0.129. The molecule has 0 atom stereocenters. The van der Waals surface area contributed by atoms with E-state index in [2.05, 4.69) is 15.1 Å². The smallest absolute Gasteiger partial charge is 0.274 e. The molecule has 7 heteroatoms. The third-order valence-corrected chi connectivity index (χ3v) is 4.99. The first-order chi connectivity index (χ1) is 13.6. The fraction of sp³-hybridized carbons (Fsp3) is 0.190. The predicted octanol–water partition coefficient (Wildman–Crippen LogP) is 4.11. The van der Waals surface area contributed by atoms with E-state index in [1.165, 1.54) is 0 Å². The van der Waals surface area contributed by atoms with Gasteiger partial charge in [0.15, 0.2) is 5.82 Å². The first kappa shape index (κ1) is 18.3. The summed E-state index contributed by atoms with van der Waals surface area (Å²) in [5, 5.41) is 5.71. The molecule has 0 spiro atoms. The van der Waals surface area contributed by atoms with Crippen LogP contribution in [-0.4, -0.2) is 39.5 Å². The van der Waals surface area contributed by atoms with Crippen LogP contribution in [0.15, 0.2) is 59.1 Å². The first-order valence-electron chi connectivity index (χ1n) is 8.98. The Kier molecular flexibility index (Phi) is 5.12. The number of benzene rings is 2. The summed E-state index contributed by atoms with van der Waals surface area (Å²) in [6.07, 6.45) is 0.775. The number of hydrogen-bond donors (Lipinski definition) is 1. The van der Waals surface area contributed by atoms with Gasteiger partial charge in [0.1, 0.15) is 5.69 Å². The van der Waals surface area contributed by atoms with Crippen LogP contribution in [0.2, 0.25) is 5.02 Å². The topological polar surface area (TPSA) is 75.0 Å². The lowest BCUT2D eigenvalue weighted by atomic mass is 10.1. The minimum atomic E-state index is -0.00700. The number of H-pyrrole nitrogens is 1. The lowest BCUT2D eigenvalue weighted by Crippen LogP contribution is -2.30.